The fraction of sp³-hybridized carbons (Fsp3) is 0.552. The third-order valence-corrected chi connectivity index (χ3v) is 9.27. The number of carbonyl (C=O) groups excluding carboxylic acids is 2. The Bertz CT molecular complexity index is 1300. The average Bonchev–Trinajstić information content (AvgIpc) is 3.14. The van der Waals surface area contributed by atoms with E-state index in [0.29, 0.717) is 24.7 Å². The first kappa shape index (κ1) is 31.8. The molecule has 0 saturated heterocycles. The zero-order valence-corrected chi connectivity index (χ0v) is 23.7. The molecule has 0 radical (unpaired) electrons. The van der Waals surface area contributed by atoms with Gasteiger partial charge in [-0.2, -0.15) is 8.42 Å². The van der Waals surface area contributed by atoms with Gasteiger partial charge in [-0.1, -0.05) is 43.7 Å². The molecule has 220 valence electrons. The summed E-state index contributed by atoms with van der Waals surface area (Å²) in [6.45, 7) is 3.34. The van der Waals surface area contributed by atoms with E-state index in [-0.39, 0.29) is 29.0 Å². The van der Waals surface area contributed by atoms with Gasteiger partial charge in [-0.15, -0.1) is 0 Å². The monoisotopic (exact) mass is 578 g/mol. The standard InChI is InChI=1S/C21H28O5.C7H6O2.CH4O3S/c1-19-7-5-13(23)9-12(19)3-4-14-15-6-8-21(26,17(25)11-22)20(15,2)10-16(24)18(14)19;8-7(9)6-4-2-1-3-5-6;1-5(2,3)4/h5,7,9,14-16,18,22,24,26H,3-4,6,8,10-11H2,1-2H3;1-5H,(H,8,9);1H3,(H,2,3,4)/t14-,15-,16-,18+,19-,20-,21-;;/m0../s1. The van der Waals surface area contributed by atoms with Crippen molar-refractivity contribution in [2.75, 3.05) is 12.9 Å². The van der Waals surface area contributed by atoms with Crippen LogP contribution in [0.1, 0.15) is 56.3 Å². The molecule has 0 unspecified atom stereocenters. The van der Waals surface area contributed by atoms with Crippen molar-refractivity contribution >= 4 is 27.7 Å². The molecule has 0 bridgehead atoms. The van der Waals surface area contributed by atoms with Crippen molar-refractivity contribution in [2.24, 2.45) is 28.6 Å². The molecule has 40 heavy (non-hydrogen) atoms. The lowest BCUT2D eigenvalue weighted by Gasteiger charge is -2.59. The Balaban J connectivity index is 0.000000260. The second-order valence-corrected chi connectivity index (χ2v) is 13.1. The van der Waals surface area contributed by atoms with Gasteiger partial charge in [-0.3, -0.25) is 14.1 Å². The molecular weight excluding hydrogens is 540 g/mol. The van der Waals surface area contributed by atoms with E-state index in [2.05, 4.69) is 6.92 Å². The summed E-state index contributed by atoms with van der Waals surface area (Å²) in [5, 5.41) is 40.1. The molecule has 7 atom stereocenters. The highest BCUT2D eigenvalue weighted by Crippen LogP contribution is 2.67. The molecule has 5 rings (SSSR count). The number of ketones is 2. The number of allylic oxidation sites excluding steroid dienone is 4. The van der Waals surface area contributed by atoms with Gasteiger partial charge in [0.15, 0.2) is 11.6 Å². The van der Waals surface area contributed by atoms with Gasteiger partial charge >= 0.3 is 5.97 Å². The van der Waals surface area contributed by atoms with Crippen LogP contribution >= 0.6 is 0 Å². The van der Waals surface area contributed by atoms with Gasteiger partial charge in [0.2, 0.25) is 0 Å². The molecule has 3 saturated carbocycles. The van der Waals surface area contributed by atoms with Crippen molar-refractivity contribution in [1.82, 2.24) is 0 Å². The molecule has 5 N–H and O–H groups in total. The Labute approximate surface area is 234 Å². The number of benzene rings is 1. The van der Waals surface area contributed by atoms with Gasteiger partial charge in [0.25, 0.3) is 10.1 Å². The Hall–Kier alpha value is -2.70. The van der Waals surface area contributed by atoms with Crippen LogP contribution in [-0.4, -0.2) is 75.5 Å². The van der Waals surface area contributed by atoms with Gasteiger partial charge in [-0.25, -0.2) is 4.79 Å². The number of aliphatic hydroxyl groups excluding tert-OH is 2. The Morgan fingerprint density at radius 1 is 1.10 bits per heavy atom. The third-order valence-electron chi connectivity index (χ3n) is 9.27. The number of fused-ring (bicyclic) bond motifs is 5. The Morgan fingerprint density at radius 2 is 1.70 bits per heavy atom. The van der Waals surface area contributed by atoms with Crippen molar-refractivity contribution in [2.45, 2.75) is 57.7 Å². The second-order valence-electron chi connectivity index (χ2n) is 11.6. The average molecular weight is 579 g/mol. The molecule has 3 fully saturated rings. The van der Waals surface area contributed by atoms with E-state index in [4.69, 9.17) is 9.66 Å². The summed E-state index contributed by atoms with van der Waals surface area (Å²) in [6, 6.07) is 8.30. The van der Waals surface area contributed by atoms with Crippen LogP contribution in [0, 0.1) is 28.6 Å². The molecule has 0 heterocycles. The summed E-state index contributed by atoms with van der Waals surface area (Å²) in [7, 11) is -3.67. The van der Waals surface area contributed by atoms with Crippen LogP contribution in [0.5, 0.6) is 0 Å². The summed E-state index contributed by atoms with van der Waals surface area (Å²) < 4.78 is 25.9. The minimum absolute atomic E-state index is 0.00912. The zero-order chi connectivity index (χ0) is 30.1. The number of aromatic carboxylic acids is 1. The normalized spacial score (nSPS) is 35.9. The second kappa shape index (κ2) is 11.7. The molecule has 0 spiro atoms. The van der Waals surface area contributed by atoms with Gasteiger partial charge < -0.3 is 20.4 Å². The lowest BCUT2D eigenvalue weighted by molar-refractivity contribution is -0.178. The number of Topliss-reactive ketones (excluding diaryl/α,β-unsaturated/α-hetero) is 1. The Kier molecular flexibility index (Phi) is 9.27. The van der Waals surface area contributed by atoms with Crippen molar-refractivity contribution in [1.29, 1.82) is 0 Å². The predicted molar refractivity (Wildman–Crippen MR) is 146 cm³/mol. The maximum atomic E-state index is 12.4. The van der Waals surface area contributed by atoms with Crippen LogP contribution in [0.2, 0.25) is 0 Å². The molecule has 1 aromatic rings. The molecule has 0 aromatic heterocycles. The van der Waals surface area contributed by atoms with Crippen LogP contribution in [0.15, 0.2) is 54.1 Å². The highest BCUT2D eigenvalue weighted by atomic mass is 32.2. The predicted octanol–water partition coefficient (Wildman–Crippen LogP) is 2.45. The van der Waals surface area contributed by atoms with E-state index < -0.39 is 45.6 Å². The van der Waals surface area contributed by atoms with Crippen LogP contribution in [0.4, 0.5) is 0 Å². The van der Waals surface area contributed by atoms with Gasteiger partial charge in [-0.05, 0) is 68.2 Å². The van der Waals surface area contributed by atoms with E-state index in [0.717, 1.165) is 24.8 Å². The van der Waals surface area contributed by atoms with E-state index in [1.54, 1.807) is 42.5 Å². The number of carboxylic acids is 1. The molecular formula is C29H38O10S. The summed E-state index contributed by atoms with van der Waals surface area (Å²) in [6.07, 6.45) is 8.40. The van der Waals surface area contributed by atoms with Crippen molar-refractivity contribution < 1.29 is 47.8 Å². The SMILES string of the molecule is CS(=O)(=O)O.C[C@]12C=CC(=O)C=C1CC[C@@H]1[C@@H]2[C@@H](O)C[C@@]2(C)[C@H]1CC[C@]2(O)C(=O)CO.O=C(O)c1ccccc1. The molecule has 0 amide bonds. The molecule has 4 aliphatic carbocycles. The van der Waals surface area contributed by atoms with Crippen LogP contribution in [-0.2, 0) is 19.7 Å². The van der Waals surface area contributed by atoms with E-state index in [1.807, 2.05) is 13.0 Å². The smallest absolute Gasteiger partial charge is 0.335 e. The molecule has 0 aliphatic heterocycles. The first-order valence-electron chi connectivity index (χ1n) is 13.2. The summed E-state index contributed by atoms with van der Waals surface area (Å²) in [5.74, 6) is -1.11. The minimum atomic E-state index is -3.67. The van der Waals surface area contributed by atoms with Crippen LogP contribution in [0.3, 0.4) is 0 Å². The topological polar surface area (TPSA) is 186 Å². The highest BCUT2D eigenvalue weighted by molar-refractivity contribution is 7.85. The fourth-order valence-electron chi connectivity index (χ4n) is 7.50. The molecule has 11 heteroatoms. The number of hydrogen-bond acceptors (Lipinski definition) is 8. The third kappa shape index (κ3) is 6.13. The molecule has 10 nitrogen and oxygen atoms in total. The highest BCUT2D eigenvalue weighted by Gasteiger charge is 2.67. The summed E-state index contributed by atoms with van der Waals surface area (Å²) >= 11 is 0. The van der Waals surface area contributed by atoms with E-state index >= 15 is 0 Å². The maximum Gasteiger partial charge on any atom is 0.335 e. The number of aliphatic hydroxyl groups is 3. The summed E-state index contributed by atoms with van der Waals surface area (Å²) in [5.41, 5.74) is -1.21. The number of hydrogen-bond donors (Lipinski definition) is 5. The maximum absolute atomic E-state index is 12.4. The zero-order valence-electron chi connectivity index (χ0n) is 22.9. The van der Waals surface area contributed by atoms with Gasteiger partial charge in [0.1, 0.15) is 12.2 Å². The number of rotatable bonds is 3. The minimum Gasteiger partial charge on any atom is -0.478 e. The lowest BCUT2D eigenvalue weighted by Crippen LogP contribution is -2.61. The van der Waals surface area contributed by atoms with Gasteiger partial charge in [0.05, 0.1) is 17.9 Å². The lowest BCUT2D eigenvalue weighted by atomic mass is 9.46. The van der Waals surface area contributed by atoms with Crippen molar-refractivity contribution in [3.63, 3.8) is 0 Å². The van der Waals surface area contributed by atoms with E-state index in [9.17, 15) is 38.1 Å². The Morgan fingerprint density at radius 3 is 2.23 bits per heavy atom. The summed E-state index contributed by atoms with van der Waals surface area (Å²) in [4.78, 5) is 34.4. The molecule has 4 aliphatic rings. The van der Waals surface area contributed by atoms with Gasteiger partial charge in [0, 0.05) is 16.7 Å². The van der Waals surface area contributed by atoms with Crippen molar-refractivity contribution in [3.05, 3.63) is 59.7 Å². The van der Waals surface area contributed by atoms with Crippen molar-refractivity contribution in [3.8, 4) is 0 Å². The first-order chi connectivity index (χ1) is 18.5. The number of carboxylic acid groups (broad SMARTS) is 1. The number of carbonyl (C=O) groups is 3. The fourth-order valence-corrected chi connectivity index (χ4v) is 7.50. The van der Waals surface area contributed by atoms with E-state index in [1.165, 1.54) is 0 Å². The quantitative estimate of drug-likeness (QED) is 0.334. The largest absolute Gasteiger partial charge is 0.478 e. The first-order valence-corrected chi connectivity index (χ1v) is 15.0. The van der Waals surface area contributed by atoms with Crippen LogP contribution < -0.4 is 0 Å². The molecule has 1 aromatic carbocycles. The van der Waals surface area contributed by atoms with Crippen LogP contribution in [0.25, 0.3) is 0 Å².